The number of sulfone groups is 2. The molecule has 0 aliphatic heterocycles. The quantitative estimate of drug-likeness (QED) is 0.00901. The highest BCUT2D eigenvalue weighted by atomic mass is 32.3. The van der Waals surface area contributed by atoms with Gasteiger partial charge in [0.25, 0.3) is 30.4 Å². The SMILES string of the molecule is Nc1c(N=Nc2cc(SOOO)ccc2S(=O)(=O)O)cc(N=Nc2ccc(S(=O)(=O)CCOSOOO)cc2S(=O)(=O)O)c(N)c1N=Nc1ccc(S(=O)(=O)CCOS(=O)(=O)O)cc1S(=O)(=O)O. The summed E-state index contributed by atoms with van der Waals surface area (Å²) in [7, 11) is -29.8. The van der Waals surface area contributed by atoms with E-state index in [2.05, 4.69) is 53.6 Å². The van der Waals surface area contributed by atoms with Gasteiger partial charge in [0.1, 0.15) is 48.8 Å². The van der Waals surface area contributed by atoms with Crippen molar-refractivity contribution in [3.63, 3.8) is 0 Å². The van der Waals surface area contributed by atoms with Crippen LogP contribution >= 0.6 is 24.4 Å². The molecular weight excluding hydrogens is 1090 g/mol. The van der Waals surface area contributed by atoms with Crippen molar-refractivity contribution in [1.29, 1.82) is 0 Å². The van der Waals surface area contributed by atoms with Crippen molar-refractivity contribution in [2.75, 3.05) is 36.2 Å². The average molecular weight is 1120 g/mol. The first-order chi connectivity index (χ1) is 31.5. The molecule has 4 aromatic rings. The van der Waals surface area contributed by atoms with E-state index in [1.165, 1.54) is 0 Å². The van der Waals surface area contributed by atoms with Crippen LogP contribution in [0, 0.1) is 0 Å². The lowest BCUT2D eigenvalue weighted by Gasteiger charge is -2.11. The van der Waals surface area contributed by atoms with E-state index in [1.807, 2.05) is 0 Å². The molecule has 0 spiro atoms. The summed E-state index contributed by atoms with van der Waals surface area (Å²) in [5.74, 6) is -1.94. The van der Waals surface area contributed by atoms with E-state index < -0.39 is 155 Å². The Morgan fingerprint density at radius 2 is 0.956 bits per heavy atom. The van der Waals surface area contributed by atoms with Gasteiger partial charge in [0.05, 0.1) is 57.9 Å². The Bertz CT molecular complexity index is 3340. The second-order valence-electron chi connectivity index (χ2n) is 12.2. The monoisotopic (exact) mass is 1120 g/mol. The molecule has 0 radical (unpaired) electrons. The van der Waals surface area contributed by atoms with Gasteiger partial charge in [-0.1, -0.05) is 10.1 Å². The van der Waals surface area contributed by atoms with Crippen molar-refractivity contribution in [3.05, 3.63) is 60.7 Å². The maximum atomic E-state index is 12.9. The Hall–Kier alpha value is -4.80. The Balaban J connectivity index is 1.93. The lowest BCUT2D eigenvalue weighted by Crippen LogP contribution is -2.16. The molecule has 68 heavy (non-hydrogen) atoms. The van der Waals surface area contributed by atoms with Gasteiger partial charge in [0.15, 0.2) is 32.0 Å². The fraction of sp³-hybridized carbons (Fsp3) is 0.143. The van der Waals surface area contributed by atoms with Crippen molar-refractivity contribution in [2.24, 2.45) is 30.7 Å². The van der Waals surface area contributed by atoms with E-state index in [0.717, 1.165) is 42.5 Å². The minimum Gasteiger partial charge on any atom is -0.395 e. The third-order valence-electron chi connectivity index (χ3n) is 7.76. The van der Waals surface area contributed by atoms with Gasteiger partial charge in [-0.05, 0) is 60.7 Å². The molecular formula is C28H28N8O24S8. The fourth-order valence-electron chi connectivity index (χ4n) is 4.81. The maximum absolute atomic E-state index is 12.9. The van der Waals surface area contributed by atoms with Gasteiger partial charge < -0.3 is 11.5 Å². The highest BCUT2D eigenvalue weighted by Crippen LogP contribution is 2.46. The van der Waals surface area contributed by atoms with Crippen molar-refractivity contribution in [3.8, 4) is 0 Å². The number of nitrogen functional groups attached to an aromatic ring is 2. The van der Waals surface area contributed by atoms with Gasteiger partial charge >= 0.3 is 10.4 Å². The number of rotatable bonds is 24. The molecule has 4 aromatic carbocycles. The summed E-state index contributed by atoms with van der Waals surface area (Å²) in [6.45, 7) is -1.71. The summed E-state index contributed by atoms with van der Waals surface area (Å²) >= 11 is 0.369. The molecule has 4 rings (SSSR count). The van der Waals surface area contributed by atoms with Crippen LogP contribution in [0.4, 0.5) is 45.5 Å². The lowest BCUT2D eigenvalue weighted by atomic mass is 10.2. The van der Waals surface area contributed by atoms with E-state index >= 15 is 0 Å². The van der Waals surface area contributed by atoms with Crippen LogP contribution in [0.2, 0.25) is 0 Å². The summed E-state index contributed by atoms with van der Waals surface area (Å²) in [5.41, 5.74) is 7.10. The number of hydrogen-bond donors (Lipinski definition) is 8. The minimum absolute atomic E-state index is 0.0157. The molecule has 0 aliphatic carbocycles. The van der Waals surface area contributed by atoms with Crippen LogP contribution in [-0.4, -0.2) is 104 Å². The first-order valence-electron chi connectivity index (χ1n) is 16.8. The Morgan fingerprint density at radius 1 is 0.500 bits per heavy atom. The third-order valence-corrected chi connectivity index (χ3v) is 15.2. The normalized spacial score (nSPS) is 13.3. The van der Waals surface area contributed by atoms with Crippen molar-refractivity contribution < 1.29 is 106 Å². The van der Waals surface area contributed by atoms with Crippen LogP contribution in [0.3, 0.4) is 0 Å². The number of azo groups is 3. The number of hydrogen-bond acceptors (Lipinski definition) is 30. The first kappa shape index (κ1) is 55.8. The fourth-order valence-corrected chi connectivity index (χ4v) is 10.2. The highest BCUT2D eigenvalue weighted by molar-refractivity contribution is 7.94. The highest BCUT2D eigenvalue weighted by Gasteiger charge is 2.26. The minimum atomic E-state index is -5.39. The van der Waals surface area contributed by atoms with Gasteiger partial charge in [0, 0.05) is 4.90 Å². The average Bonchev–Trinajstić information content (AvgIpc) is 3.23. The summed E-state index contributed by atoms with van der Waals surface area (Å²) in [4.78, 5) is -4.76. The van der Waals surface area contributed by atoms with Gasteiger partial charge in [0.2, 0.25) is 0 Å². The summed E-state index contributed by atoms with van der Waals surface area (Å²) in [6, 6.07) is 7.65. The van der Waals surface area contributed by atoms with Crippen LogP contribution in [0.15, 0.2) is 121 Å². The van der Waals surface area contributed by atoms with E-state index in [0.29, 0.717) is 30.2 Å². The molecule has 372 valence electrons. The predicted octanol–water partition coefficient (Wildman–Crippen LogP) is 4.63. The smallest absolute Gasteiger partial charge is 0.395 e. The second-order valence-corrected chi connectivity index (χ2v) is 22.9. The summed E-state index contributed by atoms with van der Waals surface area (Å²) in [5, 5.41) is 46.0. The predicted molar refractivity (Wildman–Crippen MR) is 227 cm³/mol. The Labute approximate surface area is 391 Å². The second kappa shape index (κ2) is 22.7. The Kier molecular flexibility index (Phi) is 18.7. The van der Waals surface area contributed by atoms with Crippen LogP contribution in [0.5, 0.6) is 0 Å². The molecule has 0 aromatic heterocycles. The molecule has 0 bridgehead atoms. The topological polar surface area (TPSA) is 508 Å². The van der Waals surface area contributed by atoms with E-state index in [1.54, 1.807) is 0 Å². The van der Waals surface area contributed by atoms with Gasteiger partial charge in [-0.2, -0.15) is 33.7 Å². The molecule has 0 saturated heterocycles. The largest absolute Gasteiger partial charge is 0.397 e. The maximum Gasteiger partial charge on any atom is 0.397 e. The molecule has 40 heteroatoms. The number of anilines is 2. The number of nitrogens with zero attached hydrogens (tertiary/aromatic N) is 6. The first-order valence-corrected chi connectivity index (χ1v) is 27.2. The summed E-state index contributed by atoms with van der Waals surface area (Å²) < 4.78 is 203. The molecule has 0 unspecified atom stereocenters. The molecule has 32 nitrogen and oxygen atoms in total. The van der Waals surface area contributed by atoms with Crippen molar-refractivity contribution in [1.82, 2.24) is 0 Å². The molecule has 10 N–H and O–H groups in total. The zero-order chi connectivity index (χ0) is 50.9. The van der Waals surface area contributed by atoms with Crippen molar-refractivity contribution in [2.45, 2.75) is 29.4 Å². The lowest BCUT2D eigenvalue weighted by molar-refractivity contribution is -0.434. The third kappa shape index (κ3) is 15.6. The van der Waals surface area contributed by atoms with Crippen molar-refractivity contribution >= 4 is 130 Å². The standard InChI is InChI=1S/C28H28N8O24S8/c29-26-21(34-31-18-4-2-16(12-24(18)66(46,47)48)63(39,40)9-7-55-62-60-58-38)14-22(35-33-20-11-15(61-59-57-37)1-6-23(20)65(43,44)45)27(30)28(26)36-32-19-5-3-17(13-25(19)67(49,50)51)64(41,42)10-8-56-68(52,53)54/h1-6,11-14,37-38H,7-10,29-30H2,(H,43,44,45)(H,46,47,48)(H,49,50,51)(H,52,53,54). The molecule has 0 saturated carbocycles. The van der Waals surface area contributed by atoms with Crippen LogP contribution < -0.4 is 11.5 Å². The zero-order valence-electron chi connectivity index (χ0n) is 32.7. The van der Waals surface area contributed by atoms with Gasteiger partial charge in [-0.3, -0.25) is 22.4 Å². The van der Waals surface area contributed by atoms with Crippen LogP contribution in [-0.2, 0) is 87.5 Å². The molecule has 0 aliphatic rings. The molecule has 0 atom stereocenters. The summed E-state index contributed by atoms with van der Waals surface area (Å²) in [6.07, 6.45) is 0. The van der Waals surface area contributed by atoms with E-state index in [-0.39, 0.29) is 17.2 Å². The molecule has 0 heterocycles. The molecule has 0 amide bonds. The van der Waals surface area contributed by atoms with Gasteiger partial charge in [-0.25, -0.2) is 31.5 Å². The van der Waals surface area contributed by atoms with Crippen LogP contribution in [0.1, 0.15) is 0 Å². The van der Waals surface area contributed by atoms with Crippen LogP contribution in [0.25, 0.3) is 0 Å². The van der Waals surface area contributed by atoms with E-state index in [9.17, 15) is 64.2 Å². The number of benzene rings is 4. The van der Waals surface area contributed by atoms with E-state index in [4.69, 9.17) is 30.7 Å². The zero-order valence-corrected chi connectivity index (χ0v) is 39.3. The van der Waals surface area contributed by atoms with Gasteiger partial charge in [-0.15, -0.1) is 39.4 Å². The molecule has 0 fully saturated rings. The number of nitrogens with two attached hydrogens (primary N) is 2. The Morgan fingerprint density at radius 3 is 1.43 bits per heavy atom.